The number of carbonyl (C=O) groups is 1. The van der Waals surface area contributed by atoms with Crippen LogP contribution in [0.1, 0.15) is 65.2 Å². The summed E-state index contributed by atoms with van der Waals surface area (Å²) in [6.45, 7) is 4.59. The van der Waals surface area contributed by atoms with Gasteiger partial charge in [0.15, 0.2) is 0 Å². The highest BCUT2D eigenvalue weighted by molar-refractivity contribution is 5.70. The summed E-state index contributed by atoms with van der Waals surface area (Å²) in [4.78, 5) is 11.5. The molecule has 0 saturated heterocycles. The van der Waals surface area contributed by atoms with Crippen LogP contribution in [0.4, 0.5) is 0 Å². The minimum atomic E-state index is -0.534. The molecular weight excluding hydrogens is 224 g/mol. The van der Waals surface area contributed by atoms with Gasteiger partial charge in [-0.15, -0.1) is 0 Å². The quantitative estimate of drug-likeness (QED) is 0.811. The maximum absolute atomic E-state index is 11.5. The zero-order valence-electron chi connectivity index (χ0n) is 11.9. The third-order valence-electron chi connectivity index (χ3n) is 5.57. The van der Waals surface area contributed by atoms with Gasteiger partial charge in [-0.3, -0.25) is 4.79 Å². The van der Waals surface area contributed by atoms with Crippen LogP contribution in [-0.4, -0.2) is 11.1 Å². The smallest absolute Gasteiger partial charge is 0.306 e. The highest BCUT2D eigenvalue weighted by atomic mass is 16.4. The van der Waals surface area contributed by atoms with Crippen molar-refractivity contribution in [1.29, 1.82) is 0 Å². The predicted molar refractivity (Wildman–Crippen MR) is 73.4 cm³/mol. The fourth-order valence-electron chi connectivity index (χ4n) is 4.21. The van der Waals surface area contributed by atoms with E-state index < -0.39 is 5.97 Å². The number of aliphatic carboxylic acids is 1. The molecule has 104 valence electrons. The van der Waals surface area contributed by atoms with Crippen molar-refractivity contribution in [3.63, 3.8) is 0 Å². The van der Waals surface area contributed by atoms with E-state index in [4.69, 9.17) is 0 Å². The maximum Gasteiger partial charge on any atom is 0.306 e. The molecule has 2 saturated carbocycles. The first-order chi connectivity index (χ1) is 8.61. The summed E-state index contributed by atoms with van der Waals surface area (Å²) in [7, 11) is 0. The number of rotatable bonds is 3. The highest BCUT2D eigenvalue weighted by Gasteiger charge is 2.39. The van der Waals surface area contributed by atoms with Gasteiger partial charge in [-0.25, -0.2) is 0 Å². The molecule has 0 bridgehead atoms. The molecule has 0 aromatic rings. The average molecular weight is 252 g/mol. The van der Waals surface area contributed by atoms with Crippen molar-refractivity contribution in [3.8, 4) is 0 Å². The molecule has 2 fully saturated rings. The molecule has 2 rings (SSSR count). The fourth-order valence-corrected chi connectivity index (χ4v) is 4.21. The van der Waals surface area contributed by atoms with Crippen LogP contribution in [0.5, 0.6) is 0 Å². The first-order valence-corrected chi connectivity index (χ1v) is 7.84. The molecule has 0 heterocycles. The molecule has 3 unspecified atom stereocenters. The molecule has 0 radical (unpaired) electrons. The molecule has 0 aromatic heterocycles. The molecule has 2 nitrogen and oxygen atoms in total. The van der Waals surface area contributed by atoms with E-state index in [2.05, 4.69) is 13.8 Å². The van der Waals surface area contributed by atoms with Crippen LogP contribution in [0.25, 0.3) is 0 Å². The largest absolute Gasteiger partial charge is 0.481 e. The lowest BCUT2D eigenvalue weighted by molar-refractivity contribution is -0.147. The summed E-state index contributed by atoms with van der Waals surface area (Å²) in [5.74, 6) is 2.21. The molecule has 0 amide bonds. The third-order valence-corrected chi connectivity index (χ3v) is 5.57. The van der Waals surface area contributed by atoms with E-state index in [0.717, 1.165) is 24.7 Å². The Balaban J connectivity index is 2.02. The van der Waals surface area contributed by atoms with E-state index in [1.165, 1.54) is 38.5 Å². The van der Waals surface area contributed by atoms with Gasteiger partial charge in [0.25, 0.3) is 0 Å². The maximum atomic E-state index is 11.5. The second-order valence-electron chi connectivity index (χ2n) is 6.72. The highest BCUT2D eigenvalue weighted by Crippen LogP contribution is 2.45. The molecule has 0 spiro atoms. The van der Waals surface area contributed by atoms with E-state index in [-0.39, 0.29) is 5.92 Å². The number of carboxylic acids is 1. The Morgan fingerprint density at radius 2 is 1.78 bits per heavy atom. The number of hydrogen-bond donors (Lipinski definition) is 1. The van der Waals surface area contributed by atoms with Gasteiger partial charge in [-0.05, 0) is 55.8 Å². The summed E-state index contributed by atoms with van der Waals surface area (Å²) in [5.41, 5.74) is 0. The molecule has 0 aromatic carbocycles. The molecule has 2 aliphatic rings. The molecule has 0 aliphatic heterocycles. The lowest BCUT2D eigenvalue weighted by Crippen LogP contribution is -2.36. The Morgan fingerprint density at radius 3 is 2.33 bits per heavy atom. The lowest BCUT2D eigenvalue weighted by Gasteiger charge is -2.41. The summed E-state index contributed by atoms with van der Waals surface area (Å²) in [5, 5.41) is 9.45. The Labute approximate surface area is 111 Å². The van der Waals surface area contributed by atoms with Crippen molar-refractivity contribution in [2.75, 3.05) is 0 Å². The second kappa shape index (κ2) is 6.08. The van der Waals surface area contributed by atoms with Crippen molar-refractivity contribution >= 4 is 5.97 Å². The van der Waals surface area contributed by atoms with Crippen molar-refractivity contribution in [2.45, 2.75) is 65.2 Å². The van der Waals surface area contributed by atoms with Gasteiger partial charge in [0.2, 0.25) is 0 Å². The molecule has 2 aliphatic carbocycles. The summed E-state index contributed by atoms with van der Waals surface area (Å²) in [6, 6.07) is 0. The van der Waals surface area contributed by atoms with Crippen LogP contribution in [0.2, 0.25) is 0 Å². The Morgan fingerprint density at radius 1 is 1.11 bits per heavy atom. The van der Waals surface area contributed by atoms with E-state index in [0.29, 0.717) is 11.8 Å². The van der Waals surface area contributed by atoms with Crippen LogP contribution in [0.15, 0.2) is 0 Å². The summed E-state index contributed by atoms with van der Waals surface area (Å²) < 4.78 is 0. The number of carboxylic acid groups (broad SMARTS) is 1. The SMILES string of the molecule is CCC1CCC(C(=O)O)C(C2CCC(C)CC2)C1. The first-order valence-electron chi connectivity index (χ1n) is 7.84. The van der Waals surface area contributed by atoms with Crippen molar-refractivity contribution in [1.82, 2.24) is 0 Å². The van der Waals surface area contributed by atoms with Gasteiger partial charge < -0.3 is 5.11 Å². The Hall–Kier alpha value is -0.530. The summed E-state index contributed by atoms with van der Waals surface area (Å²) >= 11 is 0. The van der Waals surface area contributed by atoms with Crippen molar-refractivity contribution in [2.24, 2.45) is 29.6 Å². The first kappa shape index (κ1) is 13.9. The van der Waals surface area contributed by atoms with Gasteiger partial charge in [-0.2, -0.15) is 0 Å². The lowest BCUT2D eigenvalue weighted by atomic mass is 9.64. The van der Waals surface area contributed by atoms with Gasteiger partial charge in [-0.1, -0.05) is 33.1 Å². The fraction of sp³-hybridized carbons (Fsp3) is 0.938. The minimum absolute atomic E-state index is 0.0498. The second-order valence-corrected chi connectivity index (χ2v) is 6.72. The van der Waals surface area contributed by atoms with E-state index in [1.54, 1.807) is 0 Å². The minimum Gasteiger partial charge on any atom is -0.481 e. The molecular formula is C16H28O2. The van der Waals surface area contributed by atoms with E-state index >= 15 is 0 Å². The van der Waals surface area contributed by atoms with Crippen molar-refractivity contribution < 1.29 is 9.90 Å². The Kier molecular flexibility index (Phi) is 4.69. The van der Waals surface area contributed by atoms with Crippen LogP contribution < -0.4 is 0 Å². The van der Waals surface area contributed by atoms with Gasteiger partial charge in [0, 0.05) is 0 Å². The normalized spacial score (nSPS) is 41.6. The zero-order valence-corrected chi connectivity index (χ0v) is 11.9. The van der Waals surface area contributed by atoms with Crippen LogP contribution in [-0.2, 0) is 4.79 Å². The number of hydrogen-bond acceptors (Lipinski definition) is 1. The van der Waals surface area contributed by atoms with Gasteiger partial charge in [0.05, 0.1) is 5.92 Å². The molecule has 18 heavy (non-hydrogen) atoms. The molecule has 2 heteroatoms. The molecule has 3 atom stereocenters. The van der Waals surface area contributed by atoms with Crippen molar-refractivity contribution in [3.05, 3.63) is 0 Å². The average Bonchev–Trinajstić information content (AvgIpc) is 2.38. The molecule has 1 N–H and O–H groups in total. The van der Waals surface area contributed by atoms with E-state index in [9.17, 15) is 9.90 Å². The third kappa shape index (κ3) is 3.07. The van der Waals surface area contributed by atoms with Crippen LogP contribution >= 0.6 is 0 Å². The van der Waals surface area contributed by atoms with E-state index in [1.807, 2.05) is 0 Å². The predicted octanol–water partition coefficient (Wildman–Crippen LogP) is 4.34. The summed E-state index contributed by atoms with van der Waals surface area (Å²) in [6.07, 6.45) is 9.61. The monoisotopic (exact) mass is 252 g/mol. The van der Waals surface area contributed by atoms with Crippen LogP contribution in [0.3, 0.4) is 0 Å². The zero-order chi connectivity index (χ0) is 13.1. The topological polar surface area (TPSA) is 37.3 Å². The van der Waals surface area contributed by atoms with Gasteiger partial charge >= 0.3 is 5.97 Å². The van der Waals surface area contributed by atoms with Crippen LogP contribution in [0, 0.1) is 29.6 Å². The standard InChI is InChI=1S/C16H28O2/c1-3-12-6-9-14(16(17)18)15(10-12)13-7-4-11(2)5-8-13/h11-15H,3-10H2,1-2H3,(H,17,18). The van der Waals surface area contributed by atoms with Gasteiger partial charge in [0.1, 0.15) is 0 Å². The Bertz CT molecular complexity index is 279.